The van der Waals surface area contributed by atoms with Crippen LogP contribution in [0.4, 0.5) is 0 Å². The highest BCUT2D eigenvalue weighted by atomic mass is 35.5. The Bertz CT molecular complexity index is 502. The Labute approximate surface area is 105 Å². The quantitative estimate of drug-likeness (QED) is 0.820. The molecule has 2 aromatic rings. The predicted octanol–water partition coefficient (Wildman–Crippen LogP) is 3.64. The van der Waals surface area contributed by atoms with Crippen LogP contribution in [0.15, 0.2) is 48.5 Å². The minimum Gasteiger partial charge on any atom is -0.389 e. The van der Waals surface area contributed by atoms with Gasteiger partial charge >= 0.3 is 0 Å². The lowest BCUT2D eigenvalue weighted by Gasteiger charge is -2.03. The van der Waals surface area contributed by atoms with Crippen molar-refractivity contribution in [3.63, 3.8) is 0 Å². The van der Waals surface area contributed by atoms with E-state index in [1.54, 1.807) is 0 Å². The number of rotatable bonds is 2. The van der Waals surface area contributed by atoms with Crippen molar-refractivity contribution in [2.24, 2.45) is 5.73 Å². The fourth-order valence-electron chi connectivity index (χ4n) is 1.47. The van der Waals surface area contributed by atoms with Gasteiger partial charge in [0.05, 0.1) is 0 Å². The molecular weight excluding hydrogens is 238 g/mol. The molecule has 0 saturated carbocycles. The number of halogens is 1. The average Bonchev–Trinajstić information content (AvgIpc) is 2.30. The number of hydrogen-bond donors (Lipinski definition) is 1. The summed E-state index contributed by atoms with van der Waals surface area (Å²) in [6.07, 6.45) is 0. The first kappa shape index (κ1) is 11.1. The lowest BCUT2D eigenvalue weighted by molar-refractivity contribution is 1.59. The van der Waals surface area contributed by atoms with Gasteiger partial charge in [-0.15, -0.1) is 0 Å². The molecule has 0 atom stereocenters. The molecule has 0 spiro atoms. The number of benzene rings is 2. The van der Waals surface area contributed by atoms with E-state index in [2.05, 4.69) is 0 Å². The molecule has 0 fully saturated rings. The molecule has 0 aliphatic heterocycles. The molecule has 0 radical (unpaired) electrons. The van der Waals surface area contributed by atoms with Gasteiger partial charge in [0, 0.05) is 10.6 Å². The first-order chi connectivity index (χ1) is 7.66. The zero-order valence-corrected chi connectivity index (χ0v) is 10.1. The Morgan fingerprint density at radius 3 is 1.75 bits per heavy atom. The van der Waals surface area contributed by atoms with E-state index >= 15 is 0 Å². The molecule has 2 rings (SSSR count). The molecule has 0 bridgehead atoms. The molecule has 2 N–H and O–H groups in total. The van der Waals surface area contributed by atoms with Crippen LogP contribution in [0.1, 0.15) is 5.56 Å². The Morgan fingerprint density at radius 1 is 0.875 bits per heavy atom. The SMILES string of the molecule is NC(=S)c1ccc(-c2ccc(Cl)cc2)cc1. The molecule has 1 nitrogen and oxygen atoms in total. The van der Waals surface area contributed by atoms with E-state index in [9.17, 15) is 0 Å². The molecule has 0 aliphatic rings. The minimum atomic E-state index is 0.419. The minimum absolute atomic E-state index is 0.419. The van der Waals surface area contributed by atoms with Crippen molar-refractivity contribution in [2.75, 3.05) is 0 Å². The molecule has 3 heteroatoms. The Kier molecular flexibility index (Phi) is 3.22. The fourth-order valence-corrected chi connectivity index (χ4v) is 1.73. The van der Waals surface area contributed by atoms with Crippen LogP contribution in [-0.4, -0.2) is 4.99 Å². The molecule has 0 amide bonds. The monoisotopic (exact) mass is 247 g/mol. The summed E-state index contributed by atoms with van der Waals surface area (Å²) in [5.74, 6) is 0. The molecule has 0 saturated heterocycles. The Hall–Kier alpha value is -1.38. The summed E-state index contributed by atoms with van der Waals surface area (Å²) in [5, 5.41) is 0.739. The van der Waals surface area contributed by atoms with Crippen molar-refractivity contribution < 1.29 is 0 Å². The van der Waals surface area contributed by atoms with E-state index in [0.717, 1.165) is 21.7 Å². The maximum absolute atomic E-state index is 5.83. The lowest BCUT2D eigenvalue weighted by atomic mass is 10.0. The zero-order valence-electron chi connectivity index (χ0n) is 8.48. The van der Waals surface area contributed by atoms with Gasteiger partial charge in [0.1, 0.15) is 4.99 Å². The summed E-state index contributed by atoms with van der Waals surface area (Å²) in [7, 11) is 0. The zero-order chi connectivity index (χ0) is 11.5. The third-order valence-electron chi connectivity index (χ3n) is 2.35. The lowest BCUT2D eigenvalue weighted by Crippen LogP contribution is -2.08. The van der Waals surface area contributed by atoms with Crippen LogP contribution in [0.3, 0.4) is 0 Å². The number of hydrogen-bond acceptors (Lipinski definition) is 1. The van der Waals surface area contributed by atoms with Crippen LogP contribution < -0.4 is 5.73 Å². The van der Waals surface area contributed by atoms with Gasteiger partial charge in [0.25, 0.3) is 0 Å². The fraction of sp³-hybridized carbons (Fsp3) is 0. The van der Waals surface area contributed by atoms with Crippen LogP contribution >= 0.6 is 23.8 Å². The van der Waals surface area contributed by atoms with Crippen molar-refractivity contribution in [3.05, 3.63) is 59.1 Å². The van der Waals surface area contributed by atoms with Crippen molar-refractivity contribution in [1.29, 1.82) is 0 Å². The first-order valence-corrected chi connectivity index (χ1v) is 5.61. The smallest absolute Gasteiger partial charge is 0.103 e. The van der Waals surface area contributed by atoms with Gasteiger partial charge in [-0.05, 0) is 23.3 Å². The second-order valence-corrected chi connectivity index (χ2v) is 4.32. The van der Waals surface area contributed by atoms with Crippen molar-refractivity contribution in [2.45, 2.75) is 0 Å². The number of thiocarbonyl (C=S) groups is 1. The van der Waals surface area contributed by atoms with Crippen LogP contribution in [0, 0.1) is 0 Å². The third kappa shape index (κ3) is 2.40. The maximum Gasteiger partial charge on any atom is 0.103 e. The topological polar surface area (TPSA) is 26.0 Å². The van der Waals surface area contributed by atoms with E-state index in [1.165, 1.54) is 0 Å². The summed E-state index contributed by atoms with van der Waals surface area (Å²) < 4.78 is 0. The van der Waals surface area contributed by atoms with Gasteiger partial charge in [-0.2, -0.15) is 0 Å². The summed E-state index contributed by atoms with van der Waals surface area (Å²) in [5.41, 5.74) is 8.66. The normalized spacial score (nSPS) is 10.1. The highest BCUT2D eigenvalue weighted by Crippen LogP contribution is 2.21. The first-order valence-electron chi connectivity index (χ1n) is 4.82. The molecule has 2 aromatic carbocycles. The van der Waals surface area contributed by atoms with E-state index in [-0.39, 0.29) is 0 Å². The Morgan fingerprint density at radius 2 is 1.31 bits per heavy atom. The van der Waals surface area contributed by atoms with Crippen LogP contribution in [-0.2, 0) is 0 Å². The van der Waals surface area contributed by atoms with Crippen LogP contribution in [0.5, 0.6) is 0 Å². The second kappa shape index (κ2) is 4.64. The molecule has 16 heavy (non-hydrogen) atoms. The van der Waals surface area contributed by atoms with Crippen molar-refractivity contribution in [3.8, 4) is 11.1 Å². The van der Waals surface area contributed by atoms with Crippen molar-refractivity contribution in [1.82, 2.24) is 0 Å². The van der Waals surface area contributed by atoms with Gasteiger partial charge in [-0.3, -0.25) is 0 Å². The number of nitrogens with two attached hydrogens (primary N) is 1. The van der Waals surface area contributed by atoms with Crippen LogP contribution in [0.2, 0.25) is 5.02 Å². The summed E-state index contributed by atoms with van der Waals surface area (Å²) in [4.78, 5) is 0.419. The summed E-state index contributed by atoms with van der Waals surface area (Å²) in [6, 6.07) is 15.6. The molecule has 0 heterocycles. The highest BCUT2D eigenvalue weighted by Gasteiger charge is 1.99. The standard InChI is InChI=1S/C13H10ClNS/c14-12-7-5-10(6-8-12)9-1-3-11(4-2-9)13(15)16/h1-8H,(H2,15,16). The van der Waals surface area contributed by atoms with Gasteiger partial charge in [0.2, 0.25) is 0 Å². The van der Waals surface area contributed by atoms with Gasteiger partial charge in [-0.25, -0.2) is 0 Å². The largest absolute Gasteiger partial charge is 0.389 e. The summed E-state index contributed by atoms with van der Waals surface area (Å²) >= 11 is 10.7. The molecular formula is C13H10ClNS. The van der Waals surface area contributed by atoms with Crippen LogP contribution in [0.25, 0.3) is 11.1 Å². The van der Waals surface area contributed by atoms with E-state index in [0.29, 0.717) is 4.99 Å². The maximum atomic E-state index is 5.83. The third-order valence-corrected chi connectivity index (χ3v) is 2.83. The molecule has 0 aromatic heterocycles. The predicted molar refractivity (Wildman–Crippen MR) is 72.8 cm³/mol. The second-order valence-electron chi connectivity index (χ2n) is 3.45. The molecule has 0 unspecified atom stereocenters. The summed E-state index contributed by atoms with van der Waals surface area (Å²) in [6.45, 7) is 0. The molecule has 0 aliphatic carbocycles. The molecule has 80 valence electrons. The van der Waals surface area contributed by atoms with Gasteiger partial charge in [-0.1, -0.05) is 60.2 Å². The average molecular weight is 248 g/mol. The van der Waals surface area contributed by atoms with Gasteiger partial charge in [0.15, 0.2) is 0 Å². The highest BCUT2D eigenvalue weighted by molar-refractivity contribution is 7.80. The van der Waals surface area contributed by atoms with E-state index in [4.69, 9.17) is 29.6 Å². The van der Waals surface area contributed by atoms with E-state index in [1.807, 2.05) is 48.5 Å². The Balaban J connectivity index is 2.34. The van der Waals surface area contributed by atoms with Gasteiger partial charge < -0.3 is 5.73 Å². The van der Waals surface area contributed by atoms with Crippen molar-refractivity contribution >= 4 is 28.8 Å². The van der Waals surface area contributed by atoms with E-state index < -0.39 is 0 Å².